The van der Waals surface area contributed by atoms with Crippen LogP contribution in [0.5, 0.6) is 11.5 Å². The van der Waals surface area contributed by atoms with Crippen molar-refractivity contribution in [2.24, 2.45) is 17.8 Å². The molecule has 2 aromatic carbocycles. The van der Waals surface area contributed by atoms with E-state index in [4.69, 9.17) is 13.9 Å². The lowest BCUT2D eigenvalue weighted by atomic mass is 9.83. The Morgan fingerprint density at radius 3 is 2.51 bits per heavy atom. The molecule has 0 bridgehead atoms. The highest BCUT2D eigenvalue weighted by Gasteiger charge is 2.58. The minimum absolute atomic E-state index is 0.0572. The molecule has 264 valence electrons. The summed E-state index contributed by atoms with van der Waals surface area (Å²) in [5, 5.41) is 56.5. The first kappa shape index (κ1) is 36.1. The highest BCUT2D eigenvalue weighted by atomic mass is 16.7. The molecule has 0 amide bonds. The van der Waals surface area contributed by atoms with Crippen LogP contribution in [-0.2, 0) is 16.0 Å². The molecule has 7 N–H and O–H groups in total. The Morgan fingerprint density at radius 1 is 1.08 bits per heavy atom. The number of benzene rings is 2. The number of carbonyl (C=O) groups is 1. The molecule has 0 unspecified atom stereocenters. The van der Waals surface area contributed by atoms with Gasteiger partial charge >= 0.3 is 5.97 Å². The Labute approximate surface area is 284 Å². The Bertz CT molecular complexity index is 1740. The first-order chi connectivity index (χ1) is 23.4. The summed E-state index contributed by atoms with van der Waals surface area (Å²) in [5.41, 5.74) is -0.482. The topological polar surface area (TPSA) is 195 Å². The number of H-pyrrole nitrogens is 1. The summed E-state index contributed by atoms with van der Waals surface area (Å²) in [7, 11) is 0. The van der Waals surface area contributed by atoms with Gasteiger partial charge in [0.1, 0.15) is 35.6 Å². The number of aliphatic hydroxyl groups is 3. The van der Waals surface area contributed by atoms with E-state index in [0.29, 0.717) is 23.9 Å². The van der Waals surface area contributed by atoms with E-state index in [1.54, 1.807) is 12.1 Å². The van der Waals surface area contributed by atoms with E-state index in [1.807, 2.05) is 18.5 Å². The molecule has 7 atom stereocenters. The van der Waals surface area contributed by atoms with Crippen LogP contribution >= 0.6 is 0 Å². The molecule has 1 aliphatic heterocycles. The summed E-state index contributed by atoms with van der Waals surface area (Å²) in [6.07, 6.45) is 1.61. The lowest BCUT2D eigenvalue weighted by Gasteiger charge is -2.47. The molecule has 1 saturated heterocycles. The number of aromatic amines is 1. The number of phenols is 1. The maximum atomic E-state index is 13.3. The quantitative estimate of drug-likeness (QED) is 0.0959. The first-order valence-corrected chi connectivity index (χ1v) is 16.7. The van der Waals surface area contributed by atoms with Gasteiger partial charge in [-0.3, -0.25) is 4.79 Å². The van der Waals surface area contributed by atoms with Gasteiger partial charge in [-0.2, -0.15) is 0 Å². The number of rotatable bonds is 15. The molecule has 1 fully saturated rings. The van der Waals surface area contributed by atoms with Crippen molar-refractivity contribution >= 4 is 16.9 Å². The second-order valence-electron chi connectivity index (χ2n) is 13.6. The third-order valence-electron chi connectivity index (χ3n) is 9.46. The van der Waals surface area contributed by atoms with Crippen LogP contribution in [0, 0.1) is 17.8 Å². The van der Waals surface area contributed by atoms with Crippen molar-refractivity contribution in [3.05, 3.63) is 83.0 Å². The van der Waals surface area contributed by atoms with E-state index in [2.05, 4.69) is 31.1 Å². The van der Waals surface area contributed by atoms with Crippen molar-refractivity contribution in [3.63, 3.8) is 0 Å². The van der Waals surface area contributed by atoms with Crippen LogP contribution in [0.25, 0.3) is 22.1 Å². The minimum atomic E-state index is -2.27. The van der Waals surface area contributed by atoms with Crippen molar-refractivity contribution in [3.8, 4) is 22.6 Å². The molecule has 0 radical (unpaired) electrons. The SMILES string of the molecule is CC(C)CCC[C@H](C)[C@H](CNC[C@]1(O)[C@H](Oc2ccc3c(=O)c(-c4ccc(O)cc4)coc3c2)O[C@H](C(=O)O)[C@@H](O)[C@@H]1O)Cc1cc[nH]c1. The molecule has 3 heterocycles. The standard InChI is InChI=1S/C37H46N2O10/c1-21(2)5-4-6-22(3)25(15-23-13-14-38-17-23)18-39-20-37(46)34(43)32(42)33(35(44)45)49-36(37)48-27-11-12-28-30(16-27)47-19-29(31(28)41)24-7-9-26(40)10-8-24/h7-14,16-17,19,21-22,25,32-34,36,38-40,42-43,46H,4-6,15,18,20H2,1-3H3,(H,44,45)/t22-,25-,32+,33-,34-,36+,37+/m0/s1. The average molecular weight is 679 g/mol. The van der Waals surface area contributed by atoms with E-state index in [9.17, 15) is 35.1 Å². The van der Waals surface area contributed by atoms with Crippen LogP contribution < -0.4 is 15.5 Å². The summed E-state index contributed by atoms with van der Waals surface area (Å²) in [4.78, 5) is 28.3. The molecule has 49 heavy (non-hydrogen) atoms. The number of nitrogens with one attached hydrogen (secondary N) is 2. The van der Waals surface area contributed by atoms with Gasteiger partial charge in [-0.15, -0.1) is 0 Å². The number of aromatic nitrogens is 1. The zero-order chi connectivity index (χ0) is 35.3. The number of fused-ring (bicyclic) bond motifs is 1. The molecule has 0 spiro atoms. The number of ether oxygens (including phenoxy) is 2. The van der Waals surface area contributed by atoms with E-state index >= 15 is 0 Å². The zero-order valence-electron chi connectivity index (χ0n) is 27.9. The fourth-order valence-corrected chi connectivity index (χ4v) is 6.40. The van der Waals surface area contributed by atoms with Crippen LogP contribution in [0.4, 0.5) is 0 Å². The maximum Gasteiger partial charge on any atom is 0.335 e. The zero-order valence-corrected chi connectivity index (χ0v) is 27.9. The van der Waals surface area contributed by atoms with E-state index in [1.165, 1.54) is 36.6 Å². The minimum Gasteiger partial charge on any atom is -0.508 e. The largest absolute Gasteiger partial charge is 0.508 e. The monoisotopic (exact) mass is 678 g/mol. The molecule has 1 aliphatic rings. The second kappa shape index (κ2) is 15.6. The summed E-state index contributed by atoms with van der Waals surface area (Å²) in [6, 6.07) is 12.4. The van der Waals surface area contributed by atoms with Crippen LogP contribution in [-0.4, -0.2) is 79.8 Å². The Kier molecular flexibility index (Phi) is 11.5. The van der Waals surface area contributed by atoms with Crippen LogP contribution in [0.1, 0.15) is 45.6 Å². The van der Waals surface area contributed by atoms with Crippen molar-refractivity contribution in [1.82, 2.24) is 10.3 Å². The molecule has 2 aromatic heterocycles. The fraction of sp³-hybridized carbons (Fsp3) is 0.459. The highest BCUT2D eigenvalue weighted by molar-refractivity contribution is 5.82. The predicted octanol–water partition coefficient (Wildman–Crippen LogP) is 4.05. The molecule has 12 heteroatoms. The van der Waals surface area contributed by atoms with Gasteiger partial charge in [0.2, 0.25) is 6.29 Å². The van der Waals surface area contributed by atoms with Gasteiger partial charge < -0.3 is 49.7 Å². The van der Waals surface area contributed by atoms with Crippen molar-refractivity contribution in [2.45, 2.75) is 76.7 Å². The highest BCUT2D eigenvalue weighted by Crippen LogP contribution is 2.34. The number of aliphatic carboxylic acids is 1. The predicted molar refractivity (Wildman–Crippen MR) is 182 cm³/mol. The number of aliphatic hydroxyl groups excluding tert-OH is 2. The smallest absolute Gasteiger partial charge is 0.335 e. The average Bonchev–Trinajstić information content (AvgIpc) is 3.58. The summed E-state index contributed by atoms with van der Waals surface area (Å²) in [6.45, 7) is 6.77. The number of carboxylic acid groups (broad SMARTS) is 1. The van der Waals surface area contributed by atoms with E-state index in [0.717, 1.165) is 31.2 Å². The van der Waals surface area contributed by atoms with Gasteiger partial charge in [-0.1, -0.05) is 52.2 Å². The number of hydrogen-bond acceptors (Lipinski definition) is 10. The van der Waals surface area contributed by atoms with Crippen molar-refractivity contribution < 1.29 is 44.2 Å². The van der Waals surface area contributed by atoms with Gasteiger partial charge in [-0.05, 0) is 72.2 Å². The van der Waals surface area contributed by atoms with Crippen LogP contribution in [0.3, 0.4) is 0 Å². The summed E-state index contributed by atoms with van der Waals surface area (Å²) < 4.78 is 17.3. The molecule has 0 saturated carbocycles. The molecular weight excluding hydrogens is 632 g/mol. The number of hydrogen-bond donors (Lipinski definition) is 7. The molecule has 0 aliphatic carbocycles. The third kappa shape index (κ3) is 8.34. The van der Waals surface area contributed by atoms with Crippen LogP contribution in [0.15, 0.2) is 76.4 Å². The molecule has 12 nitrogen and oxygen atoms in total. The van der Waals surface area contributed by atoms with Crippen LogP contribution in [0.2, 0.25) is 0 Å². The second-order valence-corrected chi connectivity index (χ2v) is 13.6. The van der Waals surface area contributed by atoms with E-state index in [-0.39, 0.29) is 45.9 Å². The fourth-order valence-electron chi connectivity index (χ4n) is 6.40. The summed E-state index contributed by atoms with van der Waals surface area (Å²) >= 11 is 0. The molecular formula is C37H46N2O10. The normalized spacial score (nSPS) is 23.8. The Balaban J connectivity index is 1.36. The van der Waals surface area contributed by atoms with Gasteiger partial charge in [-0.25, -0.2) is 4.79 Å². The number of carboxylic acids is 1. The third-order valence-corrected chi connectivity index (χ3v) is 9.46. The first-order valence-electron chi connectivity index (χ1n) is 16.7. The Hall–Kier alpha value is -4.20. The summed E-state index contributed by atoms with van der Waals surface area (Å²) in [5.74, 6) is -0.313. The lowest BCUT2D eigenvalue weighted by Crippen LogP contribution is -2.71. The number of phenolic OH excluding ortho intramolecular Hbond substituents is 1. The van der Waals surface area contributed by atoms with Gasteiger partial charge in [0, 0.05) is 25.0 Å². The Morgan fingerprint density at radius 2 is 1.84 bits per heavy atom. The van der Waals surface area contributed by atoms with Crippen molar-refractivity contribution in [1.29, 1.82) is 0 Å². The number of aromatic hydroxyl groups is 1. The van der Waals surface area contributed by atoms with Crippen molar-refractivity contribution in [2.75, 3.05) is 13.1 Å². The van der Waals surface area contributed by atoms with Gasteiger partial charge in [0.25, 0.3) is 0 Å². The molecule has 5 rings (SSSR count). The molecule has 4 aromatic rings. The van der Waals surface area contributed by atoms with Gasteiger partial charge in [0.05, 0.1) is 10.9 Å². The maximum absolute atomic E-state index is 13.3. The van der Waals surface area contributed by atoms with E-state index < -0.39 is 36.2 Å². The lowest BCUT2D eigenvalue weighted by molar-refractivity contribution is -0.311. The van der Waals surface area contributed by atoms with Gasteiger partial charge in [0.15, 0.2) is 17.1 Å².